The first-order valence-corrected chi connectivity index (χ1v) is 5.89. The van der Waals surface area contributed by atoms with Gasteiger partial charge in [0, 0.05) is 11.8 Å². The van der Waals surface area contributed by atoms with Gasteiger partial charge >= 0.3 is 12.3 Å². The van der Waals surface area contributed by atoms with Crippen LogP contribution in [0.1, 0.15) is 10.5 Å². The van der Waals surface area contributed by atoms with Gasteiger partial charge in [-0.3, -0.25) is 0 Å². The topological polar surface area (TPSA) is 59.4 Å². The Morgan fingerprint density at radius 1 is 1.24 bits per heavy atom. The molecule has 0 fully saturated rings. The van der Waals surface area contributed by atoms with E-state index in [2.05, 4.69) is 9.72 Å². The van der Waals surface area contributed by atoms with Crippen LogP contribution in [0.5, 0.6) is 5.75 Å². The summed E-state index contributed by atoms with van der Waals surface area (Å²) in [4.78, 5) is 14.8. The van der Waals surface area contributed by atoms with Crippen molar-refractivity contribution in [2.24, 2.45) is 0 Å². The summed E-state index contributed by atoms with van der Waals surface area (Å²) in [6.07, 6.45) is -3.61. The van der Waals surface area contributed by atoms with E-state index < -0.39 is 18.1 Å². The molecule has 21 heavy (non-hydrogen) atoms. The molecule has 1 heterocycles. The second-order valence-corrected chi connectivity index (χ2v) is 4.36. The summed E-state index contributed by atoms with van der Waals surface area (Å²) in [6, 6.07) is 6.12. The average molecular weight is 318 g/mol. The van der Waals surface area contributed by atoms with Crippen LogP contribution in [-0.4, -0.2) is 22.4 Å². The van der Waals surface area contributed by atoms with Crippen molar-refractivity contribution in [3.05, 3.63) is 47.2 Å². The van der Waals surface area contributed by atoms with Crippen LogP contribution in [-0.2, 0) is 0 Å². The van der Waals surface area contributed by atoms with Gasteiger partial charge in [0.15, 0.2) is 5.69 Å². The normalized spacial score (nSPS) is 11.2. The zero-order chi connectivity index (χ0) is 15.6. The highest BCUT2D eigenvalue weighted by Gasteiger charge is 2.31. The lowest BCUT2D eigenvalue weighted by Crippen LogP contribution is -2.16. The molecule has 4 nitrogen and oxygen atoms in total. The fourth-order valence-electron chi connectivity index (χ4n) is 1.67. The van der Waals surface area contributed by atoms with E-state index in [1.54, 1.807) is 0 Å². The number of hydrogen-bond acceptors (Lipinski definition) is 3. The molecule has 1 aromatic heterocycles. The molecule has 0 atom stereocenters. The van der Waals surface area contributed by atoms with Gasteiger partial charge < -0.3 is 9.84 Å². The SMILES string of the molecule is O=C(O)c1ncc(Cl)cc1-c1ccc(OC(F)(F)F)cc1. The van der Waals surface area contributed by atoms with Gasteiger partial charge in [0.05, 0.1) is 5.02 Å². The van der Waals surface area contributed by atoms with Gasteiger partial charge in [0.1, 0.15) is 5.75 Å². The molecular weight excluding hydrogens is 311 g/mol. The van der Waals surface area contributed by atoms with Crippen LogP contribution in [0.3, 0.4) is 0 Å². The summed E-state index contributed by atoms with van der Waals surface area (Å²) in [7, 11) is 0. The molecule has 2 rings (SSSR count). The molecule has 0 amide bonds. The monoisotopic (exact) mass is 317 g/mol. The van der Waals surface area contributed by atoms with Crippen molar-refractivity contribution in [1.29, 1.82) is 0 Å². The highest BCUT2D eigenvalue weighted by molar-refractivity contribution is 6.30. The number of benzene rings is 1. The van der Waals surface area contributed by atoms with Crippen molar-refractivity contribution < 1.29 is 27.8 Å². The number of carboxylic acid groups (broad SMARTS) is 1. The molecule has 0 unspecified atom stereocenters. The second kappa shape index (κ2) is 5.61. The van der Waals surface area contributed by atoms with Crippen LogP contribution >= 0.6 is 11.6 Å². The van der Waals surface area contributed by atoms with E-state index in [1.807, 2.05) is 0 Å². The Morgan fingerprint density at radius 3 is 2.38 bits per heavy atom. The van der Waals surface area contributed by atoms with Crippen molar-refractivity contribution in [2.75, 3.05) is 0 Å². The number of nitrogens with zero attached hydrogens (tertiary/aromatic N) is 1. The molecule has 0 aliphatic carbocycles. The molecule has 110 valence electrons. The summed E-state index contributed by atoms with van der Waals surface area (Å²) in [6.45, 7) is 0. The Kier molecular flexibility index (Phi) is 4.04. The number of hydrogen-bond donors (Lipinski definition) is 1. The van der Waals surface area contributed by atoms with Gasteiger partial charge in [0.25, 0.3) is 0 Å². The van der Waals surface area contributed by atoms with Crippen molar-refractivity contribution in [1.82, 2.24) is 4.98 Å². The van der Waals surface area contributed by atoms with E-state index in [4.69, 9.17) is 16.7 Å². The van der Waals surface area contributed by atoms with Crippen molar-refractivity contribution in [2.45, 2.75) is 6.36 Å². The fraction of sp³-hybridized carbons (Fsp3) is 0.0769. The molecular formula is C13H7ClF3NO3. The molecule has 0 bridgehead atoms. The van der Waals surface area contributed by atoms with E-state index >= 15 is 0 Å². The maximum atomic E-state index is 12.1. The fourth-order valence-corrected chi connectivity index (χ4v) is 1.82. The van der Waals surface area contributed by atoms with E-state index in [0.717, 1.165) is 12.1 Å². The molecule has 0 saturated heterocycles. The van der Waals surface area contributed by atoms with Gasteiger partial charge in [-0.1, -0.05) is 23.7 Å². The third-order valence-electron chi connectivity index (χ3n) is 2.46. The van der Waals surface area contributed by atoms with Gasteiger partial charge in [-0.2, -0.15) is 0 Å². The minimum Gasteiger partial charge on any atom is -0.476 e. The van der Waals surface area contributed by atoms with Crippen LogP contribution < -0.4 is 4.74 Å². The van der Waals surface area contributed by atoms with Crippen LogP contribution in [0.15, 0.2) is 36.5 Å². The number of aromatic nitrogens is 1. The number of aromatic carboxylic acids is 1. The summed E-state index contributed by atoms with van der Waals surface area (Å²) in [5.74, 6) is -1.67. The molecule has 0 aliphatic rings. The quantitative estimate of drug-likeness (QED) is 0.929. The van der Waals surface area contributed by atoms with E-state index in [1.165, 1.54) is 24.4 Å². The van der Waals surface area contributed by atoms with Gasteiger partial charge in [-0.25, -0.2) is 9.78 Å². The average Bonchev–Trinajstić information content (AvgIpc) is 2.37. The number of carboxylic acids is 1. The summed E-state index contributed by atoms with van der Waals surface area (Å²) in [5, 5.41) is 9.26. The van der Waals surface area contributed by atoms with Crippen molar-refractivity contribution >= 4 is 17.6 Å². The highest BCUT2D eigenvalue weighted by atomic mass is 35.5. The van der Waals surface area contributed by atoms with Gasteiger partial charge in [-0.05, 0) is 23.8 Å². The lowest BCUT2D eigenvalue weighted by Gasteiger charge is -2.10. The number of carbonyl (C=O) groups is 1. The van der Waals surface area contributed by atoms with Crippen LogP contribution in [0.4, 0.5) is 13.2 Å². The lowest BCUT2D eigenvalue weighted by molar-refractivity contribution is -0.274. The maximum absolute atomic E-state index is 12.1. The standard InChI is InChI=1S/C13H7ClF3NO3/c14-8-5-10(11(12(19)20)18-6-8)7-1-3-9(4-2-7)21-13(15,16)17/h1-6H,(H,19,20). The number of rotatable bonds is 3. The third-order valence-corrected chi connectivity index (χ3v) is 2.66. The van der Waals surface area contributed by atoms with E-state index in [0.29, 0.717) is 5.56 Å². The summed E-state index contributed by atoms with van der Waals surface area (Å²) < 4.78 is 39.9. The Morgan fingerprint density at radius 2 is 1.86 bits per heavy atom. The Balaban J connectivity index is 2.39. The number of halogens is 4. The predicted octanol–water partition coefficient (Wildman–Crippen LogP) is 4.00. The first-order chi connectivity index (χ1) is 9.76. The molecule has 1 aromatic carbocycles. The predicted molar refractivity (Wildman–Crippen MR) is 68.3 cm³/mol. The smallest absolute Gasteiger partial charge is 0.476 e. The Hall–Kier alpha value is -2.28. The Bertz CT molecular complexity index is 671. The molecule has 0 radical (unpaired) electrons. The minimum atomic E-state index is -4.79. The second-order valence-electron chi connectivity index (χ2n) is 3.93. The van der Waals surface area contributed by atoms with Crippen molar-refractivity contribution in [3.8, 4) is 16.9 Å². The minimum absolute atomic E-state index is 0.202. The third kappa shape index (κ3) is 3.85. The molecule has 1 N–H and O–H groups in total. The number of pyridine rings is 1. The van der Waals surface area contributed by atoms with E-state index in [-0.39, 0.29) is 16.3 Å². The van der Waals surface area contributed by atoms with Crippen LogP contribution in [0.2, 0.25) is 5.02 Å². The lowest BCUT2D eigenvalue weighted by atomic mass is 10.0. The summed E-state index contributed by atoms with van der Waals surface area (Å²) in [5.41, 5.74) is 0.314. The highest BCUT2D eigenvalue weighted by Crippen LogP contribution is 2.29. The first-order valence-electron chi connectivity index (χ1n) is 5.51. The zero-order valence-corrected chi connectivity index (χ0v) is 10.9. The van der Waals surface area contributed by atoms with Gasteiger partial charge in [0.2, 0.25) is 0 Å². The maximum Gasteiger partial charge on any atom is 0.573 e. The zero-order valence-electron chi connectivity index (χ0n) is 10.2. The number of ether oxygens (including phenoxy) is 1. The molecule has 0 saturated carbocycles. The van der Waals surface area contributed by atoms with Crippen molar-refractivity contribution in [3.63, 3.8) is 0 Å². The molecule has 8 heteroatoms. The van der Waals surface area contributed by atoms with Gasteiger partial charge in [-0.15, -0.1) is 13.2 Å². The molecule has 2 aromatic rings. The summed E-state index contributed by atoms with van der Waals surface area (Å²) >= 11 is 5.76. The Labute approximate surface area is 121 Å². The largest absolute Gasteiger partial charge is 0.573 e. The first kappa shape index (κ1) is 15.1. The van der Waals surface area contributed by atoms with Crippen LogP contribution in [0, 0.1) is 0 Å². The van der Waals surface area contributed by atoms with Crippen LogP contribution in [0.25, 0.3) is 11.1 Å². The number of alkyl halides is 3. The van der Waals surface area contributed by atoms with E-state index in [9.17, 15) is 18.0 Å². The molecule has 0 spiro atoms. The molecule has 0 aliphatic heterocycles.